The number of benzene rings is 1. The van der Waals surface area contributed by atoms with Crippen LogP contribution in [0.15, 0.2) is 30.6 Å². The van der Waals surface area contributed by atoms with Gasteiger partial charge < -0.3 is 5.32 Å². The molecule has 1 aromatic heterocycles. The zero-order valence-electron chi connectivity index (χ0n) is 11.0. The fourth-order valence-electron chi connectivity index (χ4n) is 2.65. The summed E-state index contributed by atoms with van der Waals surface area (Å²) >= 11 is 0. The van der Waals surface area contributed by atoms with Crippen LogP contribution < -0.4 is 5.32 Å². The Hall–Kier alpha value is -1.91. The lowest BCUT2D eigenvalue weighted by Gasteiger charge is -2.17. The number of hydrogen-bond acceptors (Lipinski definition) is 4. The summed E-state index contributed by atoms with van der Waals surface area (Å²) in [7, 11) is 0. The Kier molecular flexibility index (Phi) is 3.72. The second-order valence-corrected chi connectivity index (χ2v) is 5.13. The molecule has 3 rings (SSSR count). The molecule has 1 N–H and O–H groups in total. The lowest BCUT2D eigenvalue weighted by Crippen LogP contribution is -2.18. The molecule has 0 radical (unpaired) electrons. The van der Waals surface area contributed by atoms with Gasteiger partial charge in [0.15, 0.2) is 0 Å². The van der Waals surface area contributed by atoms with Crippen molar-refractivity contribution in [1.82, 2.24) is 20.2 Å². The number of tetrazole rings is 1. The van der Waals surface area contributed by atoms with Crippen molar-refractivity contribution in [2.75, 3.05) is 5.32 Å². The van der Waals surface area contributed by atoms with Gasteiger partial charge in [-0.25, -0.2) is 4.68 Å². The van der Waals surface area contributed by atoms with Gasteiger partial charge in [-0.1, -0.05) is 25.7 Å². The average Bonchev–Trinajstić information content (AvgIpc) is 2.86. The van der Waals surface area contributed by atoms with Gasteiger partial charge in [0.05, 0.1) is 5.69 Å². The molecule has 2 aromatic rings. The molecule has 1 aromatic carbocycles. The highest BCUT2D eigenvalue weighted by atomic mass is 15.5. The predicted octanol–water partition coefficient (Wildman–Crippen LogP) is 2.80. The Bertz CT molecular complexity index is 483. The summed E-state index contributed by atoms with van der Waals surface area (Å²) in [6, 6.07) is 8.90. The van der Waals surface area contributed by atoms with Crippen LogP contribution in [0.2, 0.25) is 0 Å². The van der Waals surface area contributed by atoms with Crippen LogP contribution in [0.4, 0.5) is 5.69 Å². The molecule has 5 heteroatoms. The number of anilines is 1. The maximum absolute atomic E-state index is 3.88. The summed E-state index contributed by atoms with van der Waals surface area (Å²) in [5.74, 6) is 0. The highest BCUT2D eigenvalue weighted by Crippen LogP contribution is 2.21. The van der Waals surface area contributed by atoms with E-state index < -0.39 is 0 Å². The molecule has 0 aliphatic heterocycles. The van der Waals surface area contributed by atoms with E-state index in [1.165, 1.54) is 44.2 Å². The van der Waals surface area contributed by atoms with Gasteiger partial charge in [0, 0.05) is 11.7 Å². The molecular formula is C14H19N5. The van der Waals surface area contributed by atoms with Crippen molar-refractivity contribution in [1.29, 1.82) is 0 Å². The van der Waals surface area contributed by atoms with E-state index in [1.807, 2.05) is 12.1 Å². The SMILES string of the molecule is c1cc(-n2cnnn2)ccc1NC1CCCCCC1. The summed E-state index contributed by atoms with van der Waals surface area (Å²) < 4.78 is 1.66. The fraction of sp³-hybridized carbons (Fsp3) is 0.500. The number of nitrogens with zero attached hydrogens (tertiary/aromatic N) is 4. The molecule has 0 amide bonds. The number of rotatable bonds is 3. The van der Waals surface area contributed by atoms with Crippen molar-refractivity contribution in [3.05, 3.63) is 30.6 Å². The minimum atomic E-state index is 0.626. The number of aromatic nitrogens is 4. The van der Waals surface area contributed by atoms with Crippen molar-refractivity contribution >= 4 is 5.69 Å². The monoisotopic (exact) mass is 257 g/mol. The molecule has 0 saturated heterocycles. The fourth-order valence-corrected chi connectivity index (χ4v) is 2.65. The van der Waals surface area contributed by atoms with Crippen molar-refractivity contribution < 1.29 is 0 Å². The van der Waals surface area contributed by atoms with Gasteiger partial charge in [-0.15, -0.1) is 5.10 Å². The normalized spacial score (nSPS) is 17.1. The van der Waals surface area contributed by atoms with Gasteiger partial charge in [-0.2, -0.15) is 0 Å². The van der Waals surface area contributed by atoms with Gasteiger partial charge in [0.2, 0.25) is 0 Å². The second kappa shape index (κ2) is 5.82. The first-order valence-corrected chi connectivity index (χ1v) is 7.02. The minimum absolute atomic E-state index is 0.626. The summed E-state index contributed by atoms with van der Waals surface area (Å²) in [5, 5.41) is 14.8. The van der Waals surface area contributed by atoms with Crippen molar-refractivity contribution in [3.8, 4) is 5.69 Å². The molecule has 1 heterocycles. The molecular weight excluding hydrogens is 238 g/mol. The Balaban J connectivity index is 1.65. The summed E-state index contributed by atoms with van der Waals surface area (Å²) in [6.07, 6.45) is 9.64. The van der Waals surface area contributed by atoms with Crippen molar-refractivity contribution in [2.45, 2.75) is 44.6 Å². The number of hydrogen-bond donors (Lipinski definition) is 1. The lowest BCUT2D eigenvalue weighted by atomic mass is 10.1. The third kappa shape index (κ3) is 3.10. The quantitative estimate of drug-likeness (QED) is 0.859. The summed E-state index contributed by atoms with van der Waals surface area (Å²) in [5.41, 5.74) is 2.17. The summed E-state index contributed by atoms with van der Waals surface area (Å²) in [6.45, 7) is 0. The molecule has 5 nitrogen and oxygen atoms in total. The van der Waals surface area contributed by atoms with Gasteiger partial charge in [-0.05, 0) is 47.5 Å². The lowest BCUT2D eigenvalue weighted by molar-refractivity contribution is 0.620. The van der Waals surface area contributed by atoms with E-state index in [-0.39, 0.29) is 0 Å². The van der Waals surface area contributed by atoms with Crippen LogP contribution in [-0.4, -0.2) is 26.2 Å². The van der Waals surface area contributed by atoms with E-state index in [2.05, 4.69) is 33.0 Å². The molecule has 0 atom stereocenters. The topological polar surface area (TPSA) is 55.6 Å². The van der Waals surface area contributed by atoms with Gasteiger partial charge in [0.1, 0.15) is 6.33 Å². The van der Waals surface area contributed by atoms with E-state index in [1.54, 1.807) is 11.0 Å². The van der Waals surface area contributed by atoms with Crippen LogP contribution in [0.1, 0.15) is 38.5 Å². The van der Waals surface area contributed by atoms with E-state index >= 15 is 0 Å². The third-order valence-electron chi connectivity index (χ3n) is 3.71. The van der Waals surface area contributed by atoms with Crippen LogP contribution in [0.5, 0.6) is 0 Å². The van der Waals surface area contributed by atoms with Gasteiger partial charge in [0.25, 0.3) is 0 Å². The second-order valence-electron chi connectivity index (χ2n) is 5.13. The van der Waals surface area contributed by atoms with E-state index in [0.717, 1.165) is 5.69 Å². The predicted molar refractivity (Wildman–Crippen MR) is 74.3 cm³/mol. The Morgan fingerprint density at radius 1 is 1.00 bits per heavy atom. The van der Waals surface area contributed by atoms with Crippen LogP contribution in [-0.2, 0) is 0 Å². The Morgan fingerprint density at radius 3 is 2.37 bits per heavy atom. The van der Waals surface area contributed by atoms with Gasteiger partial charge in [-0.3, -0.25) is 0 Å². The van der Waals surface area contributed by atoms with Crippen molar-refractivity contribution in [2.24, 2.45) is 0 Å². The van der Waals surface area contributed by atoms with Crippen LogP contribution in [0.25, 0.3) is 5.69 Å². The maximum atomic E-state index is 3.88. The van der Waals surface area contributed by atoms with Crippen LogP contribution in [0, 0.1) is 0 Å². The molecule has 1 aliphatic carbocycles. The highest BCUT2D eigenvalue weighted by molar-refractivity contribution is 5.48. The Labute approximate surface area is 113 Å². The maximum Gasteiger partial charge on any atom is 0.143 e. The zero-order valence-corrected chi connectivity index (χ0v) is 11.0. The molecule has 0 unspecified atom stereocenters. The zero-order chi connectivity index (χ0) is 12.9. The first kappa shape index (κ1) is 12.1. The van der Waals surface area contributed by atoms with E-state index in [0.29, 0.717) is 6.04 Å². The molecule has 0 bridgehead atoms. The largest absolute Gasteiger partial charge is 0.382 e. The number of nitrogens with one attached hydrogen (secondary N) is 1. The van der Waals surface area contributed by atoms with Crippen LogP contribution in [0.3, 0.4) is 0 Å². The first-order chi connectivity index (χ1) is 9.42. The molecule has 1 fully saturated rings. The first-order valence-electron chi connectivity index (χ1n) is 7.02. The highest BCUT2D eigenvalue weighted by Gasteiger charge is 2.11. The minimum Gasteiger partial charge on any atom is -0.382 e. The molecule has 0 spiro atoms. The molecule has 100 valence electrons. The van der Waals surface area contributed by atoms with Gasteiger partial charge >= 0.3 is 0 Å². The standard InChI is InChI=1S/C14H19N5/c1-2-4-6-12(5-3-1)16-13-7-9-14(10-8-13)19-11-15-17-18-19/h7-12,16H,1-6H2. The van der Waals surface area contributed by atoms with Crippen LogP contribution >= 0.6 is 0 Å². The molecule has 1 saturated carbocycles. The summed E-state index contributed by atoms with van der Waals surface area (Å²) in [4.78, 5) is 0. The molecule has 1 aliphatic rings. The van der Waals surface area contributed by atoms with Crippen molar-refractivity contribution in [3.63, 3.8) is 0 Å². The third-order valence-corrected chi connectivity index (χ3v) is 3.71. The Morgan fingerprint density at radius 2 is 1.74 bits per heavy atom. The van der Waals surface area contributed by atoms with E-state index in [4.69, 9.17) is 0 Å². The average molecular weight is 257 g/mol. The smallest absolute Gasteiger partial charge is 0.143 e. The van der Waals surface area contributed by atoms with E-state index in [9.17, 15) is 0 Å². The molecule has 19 heavy (non-hydrogen) atoms.